The van der Waals surface area contributed by atoms with Crippen molar-refractivity contribution in [1.82, 2.24) is 14.7 Å². The number of carboxylic acid groups (broad SMARTS) is 1. The van der Waals surface area contributed by atoms with Crippen molar-refractivity contribution in [3.8, 4) is 0 Å². The van der Waals surface area contributed by atoms with E-state index in [4.69, 9.17) is 0 Å². The van der Waals surface area contributed by atoms with E-state index in [0.717, 1.165) is 32.6 Å². The fourth-order valence-electron chi connectivity index (χ4n) is 3.38. The summed E-state index contributed by atoms with van der Waals surface area (Å²) in [6.07, 6.45) is 3.49. The van der Waals surface area contributed by atoms with Crippen molar-refractivity contribution in [1.29, 1.82) is 0 Å². The quantitative estimate of drug-likeness (QED) is 0.853. The summed E-state index contributed by atoms with van der Waals surface area (Å²) in [6.45, 7) is 9.13. The first-order valence-corrected chi connectivity index (χ1v) is 7.92. The van der Waals surface area contributed by atoms with Gasteiger partial charge in [0.15, 0.2) is 0 Å². The SMILES string of the molecule is CCN(C(=O)N1CCC(N2CCCC2)C1)C(C)(C)C(=O)O. The molecule has 120 valence electrons. The molecule has 2 rings (SSSR count). The maximum Gasteiger partial charge on any atom is 0.329 e. The number of likely N-dealkylation sites (N-methyl/N-ethyl adjacent to an activating group) is 1. The number of hydrogen-bond acceptors (Lipinski definition) is 3. The van der Waals surface area contributed by atoms with Gasteiger partial charge in [0, 0.05) is 25.7 Å². The molecule has 2 aliphatic rings. The predicted molar refractivity (Wildman–Crippen MR) is 80.3 cm³/mol. The van der Waals surface area contributed by atoms with Gasteiger partial charge in [0.1, 0.15) is 5.54 Å². The van der Waals surface area contributed by atoms with Crippen molar-refractivity contribution in [2.75, 3.05) is 32.7 Å². The van der Waals surface area contributed by atoms with E-state index in [0.29, 0.717) is 12.6 Å². The van der Waals surface area contributed by atoms with Gasteiger partial charge in [-0.1, -0.05) is 0 Å². The number of hydrogen-bond donors (Lipinski definition) is 1. The van der Waals surface area contributed by atoms with Gasteiger partial charge >= 0.3 is 12.0 Å². The smallest absolute Gasteiger partial charge is 0.329 e. The summed E-state index contributed by atoms with van der Waals surface area (Å²) in [7, 11) is 0. The van der Waals surface area contributed by atoms with E-state index in [1.54, 1.807) is 13.8 Å². The minimum Gasteiger partial charge on any atom is -0.480 e. The molecule has 0 aromatic heterocycles. The lowest BCUT2D eigenvalue weighted by Gasteiger charge is -2.37. The zero-order valence-corrected chi connectivity index (χ0v) is 13.3. The van der Waals surface area contributed by atoms with Crippen LogP contribution in [0.2, 0.25) is 0 Å². The standard InChI is InChI=1S/C15H27N3O3/c1-4-18(15(2,3)13(19)20)14(21)17-10-7-12(11-17)16-8-5-6-9-16/h12H,4-11H2,1-3H3,(H,19,20). The van der Waals surface area contributed by atoms with Crippen LogP contribution in [0.15, 0.2) is 0 Å². The van der Waals surface area contributed by atoms with Crippen molar-refractivity contribution < 1.29 is 14.7 Å². The van der Waals surface area contributed by atoms with E-state index < -0.39 is 11.5 Å². The number of aliphatic carboxylic acids is 1. The highest BCUT2D eigenvalue weighted by Gasteiger charge is 2.41. The topological polar surface area (TPSA) is 64.1 Å². The molecule has 6 nitrogen and oxygen atoms in total. The Balaban J connectivity index is 2.00. The third-order valence-corrected chi connectivity index (χ3v) is 4.84. The summed E-state index contributed by atoms with van der Waals surface area (Å²) < 4.78 is 0. The van der Waals surface area contributed by atoms with Crippen LogP contribution in [-0.2, 0) is 4.79 Å². The molecular weight excluding hydrogens is 270 g/mol. The highest BCUT2D eigenvalue weighted by Crippen LogP contribution is 2.24. The Bertz CT molecular complexity index is 405. The van der Waals surface area contributed by atoms with Gasteiger partial charge < -0.3 is 14.9 Å². The summed E-state index contributed by atoms with van der Waals surface area (Å²) in [4.78, 5) is 29.8. The third-order valence-electron chi connectivity index (χ3n) is 4.84. The molecular formula is C15H27N3O3. The minimum absolute atomic E-state index is 0.147. The summed E-state index contributed by atoms with van der Waals surface area (Å²) in [6, 6.07) is 0.301. The van der Waals surface area contributed by atoms with Gasteiger partial charge in [-0.05, 0) is 53.1 Å². The van der Waals surface area contributed by atoms with Crippen molar-refractivity contribution in [3.63, 3.8) is 0 Å². The number of carbonyl (C=O) groups is 2. The number of carboxylic acids is 1. The molecule has 1 atom stereocenters. The largest absolute Gasteiger partial charge is 0.480 e. The summed E-state index contributed by atoms with van der Waals surface area (Å²) in [5.74, 6) is -0.965. The first kappa shape index (κ1) is 16.1. The Hall–Kier alpha value is -1.30. The summed E-state index contributed by atoms with van der Waals surface area (Å²) >= 11 is 0. The Morgan fingerprint density at radius 2 is 1.86 bits per heavy atom. The molecule has 2 heterocycles. The van der Waals surface area contributed by atoms with Crippen LogP contribution in [0.4, 0.5) is 4.79 Å². The molecule has 2 saturated heterocycles. The average molecular weight is 297 g/mol. The van der Waals surface area contributed by atoms with Crippen LogP contribution >= 0.6 is 0 Å². The van der Waals surface area contributed by atoms with Crippen LogP contribution in [0.25, 0.3) is 0 Å². The molecule has 0 saturated carbocycles. The summed E-state index contributed by atoms with van der Waals surface area (Å²) in [5.41, 5.74) is -1.17. The fraction of sp³-hybridized carbons (Fsp3) is 0.867. The second kappa shape index (κ2) is 6.22. The second-order valence-electron chi connectivity index (χ2n) is 6.52. The zero-order chi connectivity index (χ0) is 15.6. The molecule has 6 heteroatoms. The Morgan fingerprint density at radius 3 is 2.38 bits per heavy atom. The Morgan fingerprint density at radius 1 is 1.24 bits per heavy atom. The van der Waals surface area contributed by atoms with Gasteiger partial charge in [-0.3, -0.25) is 4.90 Å². The van der Waals surface area contributed by atoms with Crippen molar-refractivity contribution in [2.45, 2.75) is 51.6 Å². The van der Waals surface area contributed by atoms with E-state index in [1.807, 2.05) is 11.8 Å². The predicted octanol–water partition coefficient (Wildman–Crippen LogP) is 1.46. The number of rotatable bonds is 4. The molecule has 21 heavy (non-hydrogen) atoms. The molecule has 0 aromatic rings. The van der Waals surface area contributed by atoms with Crippen LogP contribution < -0.4 is 0 Å². The lowest BCUT2D eigenvalue weighted by molar-refractivity contribution is -0.147. The molecule has 0 aromatic carbocycles. The van der Waals surface area contributed by atoms with Gasteiger partial charge in [0.2, 0.25) is 0 Å². The first-order valence-electron chi connectivity index (χ1n) is 7.92. The monoisotopic (exact) mass is 297 g/mol. The highest BCUT2D eigenvalue weighted by molar-refractivity contribution is 5.85. The van der Waals surface area contributed by atoms with Crippen molar-refractivity contribution >= 4 is 12.0 Å². The van der Waals surface area contributed by atoms with E-state index in [1.165, 1.54) is 17.7 Å². The maximum atomic E-state index is 12.7. The van der Waals surface area contributed by atoms with Crippen LogP contribution in [0.1, 0.15) is 40.0 Å². The lowest BCUT2D eigenvalue weighted by Crippen LogP contribution is -2.56. The van der Waals surface area contributed by atoms with E-state index in [2.05, 4.69) is 4.90 Å². The van der Waals surface area contributed by atoms with Crippen LogP contribution in [0.3, 0.4) is 0 Å². The molecule has 0 aliphatic carbocycles. The third kappa shape index (κ3) is 3.15. The molecule has 2 amide bonds. The van der Waals surface area contributed by atoms with Gasteiger partial charge in [-0.2, -0.15) is 0 Å². The van der Waals surface area contributed by atoms with Crippen LogP contribution in [-0.4, -0.2) is 76.1 Å². The molecule has 2 fully saturated rings. The number of likely N-dealkylation sites (tertiary alicyclic amines) is 2. The number of carbonyl (C=O) groups excluding carboxylic acids is 1. The second-order valence-corrected chi connectivity index (χ2v) is 6.52. The van der Waals surface area contributed by atoms with E-state index >= 15 is 0 Å². The molecule has 0 bridgehead atoms. The van der Waals surface area contributed by atoms with Crippen LogP contribution in [0, 0.1) is 0 Å². The average Bonchev–Trinajstić information content (AvgIpc) is 3.10. The molecule has 0 spiro atoms. The van der Waals surface area contributed by atoms with E-state index in [9.17, 15) is 14.7 Å². The number of amides is 2. The molecule has 1 unspecified atom stereocenters. The minimum atomic E-state index is -1.17. The van der Waals surface area contributed by atoms with E-state index in [-0.39, 0.29) is 6.03 Å². The van der Waals surface area contributed by atoms with Gasteiger partial charge in [0.05, 0.1) is 0 Å². The van der Waals surface area contributed by atoms with Crippen molar-refractivity contribution in [2.24, 2.45) is 0 Å². The van der Waals surface area contributed by atoms with Crippen molar-refractivity contribution in [3.05, 3.63) is 0 Å². The van der Waals surface area contributed by atoms with Gasteiger partial charge in [-0.15, -0.1) is 0 Å². The maximum absolute atomic E-state index is 12.7. The van der Waals surface area contributed by atoms with Crippen LogP contribution in [0.5, 0.6) is 0 Å². The number of nitrogens with zero attached hydrogens (tertiary/aromatic N) is 3. The molecule has 0 radical (unpaired) electrons. The van der Waals surface area contributed by atoms with Gasteiger partial charge in [-0.25, -0.2) is 9.59 Å². The Labute approximate surface area is 126 Å². The zero-order valence-electron chi connectivity index (χ0n) is 13.3. The Kier molecular flexibility index (Phi) is 4.76. The molecule has 2 aliphatic heterocycles. The van der Waals surface area contributed by atoms with Gasteiger partial charge in [0.25, 0.3) is 0 Å². The highest BCUT2D eigenvalue weighted by atomic mass is 16.4. The first-order chi connectivity index (χ1) is 9.87. The molecule has 1 N–H and O–H groups in total. The lowest BCUT2D eigenvalue weighted by atomic mass is 10.0. The summed E-state index contributed by atoms with van der Waals surface area (Å²) in [5, 5.41) is 9.34. The number of urea groups is 1. The fourth-order valence-corrected chi connectivity index (χ4v) is 3.38. The normalized spacial score (nSPS) is 23.6.